The second-order valence-electron chi connectivity index (χ2n) is 5.35. The van der Waals surface area contributed by atoms with Crippen molar-refractivity contribution in [1.29, 1.82) is 0 Å². The molecule has 1 aromatic heterocycles. The van der Waals surface area contributed by atoms with Gasteiger partial charge in [-0.15, -0.1) is 11.3 Å². The van der Waals surface area contributed by atoms with Crippen LogP contribution in [0.1, 0.15) is 26.6 Å². The monoisotopic (exact) mass is 392 g/mol. The molecule has 0 aliphatic rings. The molecule has 0 unspecified atom stereocenters. The first-order valence-corrected chi connectivity index (χ1v) is 9.04. The van der Waals surface area contributed by atoms with E-state index < -0.39 is 5.91 Å². The van der Waals surface area contributed by atoms with Crippen molar-refractivity contribution in [3.8, 4) is 5.75 Å². The zero-order valence-corrected chi connectivity index (χ0v) is 15.4. The summed E-state index contributed by atoms with van der Waals surface area (Å²) < 4.78 is 5.93. The van der Waals surface area contributed by atoms with Crippen molar-refractivity contribution in [2.45, 2.75) is 13.0 Å². The number of rotatable bonds is 6. The van der Waals surface area contributed by atoms with Crippen molar-refractivity contribution in [3.63, 3.8) is 0 Å². The predicted octanol–water partition coefficient (Wildman–Crippen LogP) is 4.72. The van der Waals surface area contributed by atoms with E-state index in [0.717, 1.165) is 16.8 Å². The summed E-state index contributed by atoms with van der Waals surface area (Å²) in [6.45, 7) is 0.412. The number of amides is 1. The minimum atomic E-state index is -0.526. The van der Waals surface area contributed by atoms with Crippen LogP contribution in [0, 0.1) is 0 Å². The number of halogens is 2. The van der Waals surface area contributed by atoms with Crippen molar-refractivity contribution in [2.75, 3.05) is 0 Å². The van der Waals surface area contributed by atoms with Crippen LogP contribution in [0.25, 0.3) is 0 Å². The molecule has 3 rings (SSSR count). The number of carbonyl (C=O) groups is 1. The number of primary amides is 1. The first kappa shape index (κ1) is 17.7. The number of thiazole rings is 1. The molecule has 1 heterocycles. The Hall–Kier alpha value is -2.08. The number of aromatic nitrogens is 1. The summed E-state index contributed by atoms with van der Waals surface area (Å²) in [7, 11) is 0. The standard InChI is InChI=1S/C18H14Cl2N2O2S/c19-13-3-1-11(2-4-13)9-24-16-6-5-14(20)7-12(16)8-15-10-25-18(22-15)17(21)23/h1-7,10H,8-9H2,(H2,21,23). The third-order valence-corrected chi connectivity index (χ3v) is 4.86. The summed E-state index contributed by atoms with van der Waals surface area (Å²) in [6.07, 6.45) is 0.500. The molecule has 4 nitrogen and oxygen atoms in total. The van der Waals surface area contributed by atoms with E-state index in [9.17, 15) is 4.79 Å². The van der Waals surface area contributed by atoms with Crippen LogP contribution < -0.4 is 10.5 Å². The highest BCUT2D eigenvalue weighted by atomic mass is 35.5. The van der Waals surface area contributed by atoms with Crippen molar-refractivity contribution in [3.05, 3.63) is 79.7 Å². The Balaban J connectivity index is 1.77. The molecule has 0 aliphatic carbocycles. The Morgan fingerprint density at radius 2 is 1.84 bits per heavy atom. The van der Waals surface area contributed by atoms with Gasteiger partial charge in [0, 0.05) is 27.4 Å². The van der Waals surface area contributed by atoms with Crippen molar-refractivity contribution in [2.24, 2.45) is 5.73 Å². The first-order chi connectivity index (χ1) is 12.0. The third-order valence-electron chi connectivity index (χ3n) is 3.46. The van der Waals surface area contributed by atoms with Crippen LogP contribution in [-0.2, 0) is 13.0 Å². The van der Waals surface area contributed by atoms with Crippen LogP contribution in [0.2, 0.25) is 10.0 Å². The number of hydrogen-bond acceptors (Lipinski definition) is 4. The average Bonchev–Trinajstić information content (AvgIpc) is 3.04. The normalized spacial score (nSPS) is 10.6. The highest BCUT2D eigenvalue weighted by Crippen LogP contribution is 2.27. The lowest BCUT2D eigenvalue weighted by Gasteiger charge is -2.11. The van der Waals surface area contributed by atoms with Crippen LogP contribution in [0.5, 0.6) is 5.75 Å². The van der Waals surface area contributed by atoms with E-state index in [1.165, 1.54) is 11.3 Å². The largest absolute Gasteiger partial charge is 0.489 e. The lowest BCUT2D eigenvalue weighted by atomic mass is 10.1. The van der Waals surface area contributed by atoms with E-state index >= 15 is 0 Å². The molecular formula is C18H14Cl2N2O2S. The van der Waals surface area contributed by atoms with E-state index in [4.69, 9.17) is 33.7 Å². The van der Waals surface area contributed by atoms with Gasteiger partial charge in [-0.25, -0.2) is 4.98 Å². The molecule has 0 saturated carbocycles. The number of carbonyl (C=O) groups excluding carboxylic acids is 1. The Kier molecular flexibility index (Phi) is 5.58. The maximum atomic E-state index is 11.2. The van der Waals surface area contributed by atoms with Gasteiger partial charge in [0.1, 0.15) is 12.4 Å². The molecule has 2 N–H and O–H groups in total. The zero-order valence-electron chi connectivity index (χ0n) is 13.0. The summed E-state index contributed by atoms with van der Waals surface area (Å²) in [4.78, 5) is 15.4. The summed E-state index contributed by atoms with van der Waals surface area (Å²) in [5.74, 6) is 0.189. The Morgan fingerprint density at radius 3 is 2.52 bits per heavy atom. The number of benzene rings is 2. The maximum Gasteiger partial charge on any atom is 0.277 e. The molecule has 0 radical (unpaired) electrons. The third kappa shape index (κ3) is 4.72. The molecule has 0 atom stereocenters. The maximum absolute atomic E-state index is 11.2. The molecule has 128 valence electrons. The van der Waals surface area contributed by atoms with Gasteiger partial charge in [-0.1, -0.05) is 35.3 Å². The summed E-state index contributed by atoms with van der Waals surface area (Å²) >= 11 is 13.2. The van der Waals surface area contributed by atoms with Gasteiger partial charge < -0.3 is 10.5 Å². The van der Waals surface area contributed by atoms with E-state index in [0.29, 0.717) is 33.8 Å². The number of ether oxygens (including phenoxy) is 1. The highest BCUT2D eigenvalue weighted by Gasteiger charge is 2.11. The summed E-state index contributed by atoms with van der Waals surface area (Å²) in [6, 6.07) is 12.9. The SMILES string of the molecule is NC(=O)c1nc(Cc2cc(Cl)ccc2OCc2ccc(Cl)cc2)cs1. The molecule has 0 bridgehead atoms. The quantitative estimate of drug-likeness (QED) is 0.659. The van der Waals surface area contributed by atoms with Gasteiger partial charge in [-0.3, -0.25) is 4.79 Å². The molecule has 0 aliphatic heterocycles. The number of hydrogen-bond donors (Lipinski definition) is 1. The molecule has 25 heavy (non-hydrogen) atoms. The highest BCUT2D eigenvalue weighted by molar-refractivity contribution is 7.11. The van der Waals surface area contributed by atoms with E-state index in [2.05, 4.69) is 4.98 Å². The van der Waals surface area contributed by atoms with Crippen LogP contribution in [0.4, 0.5) is 0 Å². The molecule has 3 aromatic rings. The Morgan fingerprint density at radius 1 is 1.12 bits per heavy atom. The molecule has 0 saturated heterocycles. The van der Waals surface area contributed by atoms with Crippen molar-refractivity contribution in [1.82, 2.24) is 4.98 Å². The molecule has 7 heteroatoms. The van der Waals surface area contributed by atoms with Gasteiger partial charge in [-0.05, 0) is 35.9 Å². The van der Waals surface area contributed by atoms with Crippen LogP contribution in [0.15, 0.2) is 47.8 Å². The molecule has 2 aromatic carbocycles. The smallest absolute Gasteiger partial charge is 0.277 e. The zero-order chi connectivity index (χ0) is 17.8. The number of nitrogens with zero attached hydrogens (tertiary/aromatic N) is 1. The minimum Gasteiger partial charge on any atom is -0.489 e. The fraction of sp³-hybridized carbons (Fsp3) is 0.111. The van der Waals surface area contributed by atoms with Crippen molar-refractivity contribution < 1.29 is 9.53 Å². The van der Waals surface area contributed by atoms with Gasteiger partial charge in [0.15, 0.2) is 5.01 Å². The summed E-state index contributed by atoms with van der Waals surface area (Å²) in [5.41, 5.74) is 7.90. The Labute approximate surface area is 159 Å². The van der Waals surface area contributed by atoms with E-state index in [1.807, 2.05) is 41.8 Å². The minimum absolute atomic E-state index is 0.292. The van der Waals surface area contributed by atoms with Gasteiger partial charge in [0.2, 0.25) is 0 Å². The fourth-order valence-electron chi connectivity index (χ4n) is 2.27. The molecule has 0 spiro atoms. The first-order valence-electron chi connectivity index (χ1n) is 7.41. The van der Waals surface area contributed by atoms with E-state index in [-0.39, 0.29) is 0 Å². The molecular weight excluding hydrogens is 379 g/mol. The second-order valence-corrected chi connectivity index (χ2v) is 7.08. The van der Waals surface area contributed by atoms with Gasteiger partial charge >= 0.3 is 0 Å². The lowest BCUT2D eigenvalue weighted by Crippen LogP contribution is -2.10. The Bertz CT molecular complexity index is 894. The van der Waals surface area contributed by atoms with Crippen molar-refractivity contribution >= 4 is 40.4 Å². The summed E-state index contributed by atoms with van der Waals surface area (Å²) in [5, 5.41) is 3.40. The fourth-order valence-corrected chi connectivity index (χ4v) is 3.26. The number of nitrogens with two attached hydrogens (primary N) is 1. The van der Waals surface area contributed by atoms with Gasteiger partial charge in [0.25, 0.3) is 5.91 Å². The predicted molar refractivity (Wildman–Crippen MR) is 101 cm³/mol. The lowest BCUT2D eigenvalue weighted by molar-refractivity contribution is 0.1000. The van der Waals surface area contributed by atoms with Crippen LogP contribution in [0.3, 0.4) is 0 Å². The van der Waals surface area contributed by atoms with E-state index in [1.54, 1.807) is 6.07 Å². The molecule has 0 fully saturated rings. The van der Waals surface area contributed by atoms with Gasteiger partial charge in [0.05, 0.1) is 5.69 Å². The second kappa shape index (κ2) is 7.87. The molecule has 1 amide bonds. The van der Waals surface area contributed by atoms with Crippen LogP contribution >= 0.6 is 34.5 Å². The average molecular weight is 393 g/mol. The van der Waals surface area contributed by atoms with Crippen LogP contribution in [-0.4, -0.2) is 10.9 Å². The van der Waals surface area contributed by atoms with Gasteiger partial charge in [-0.2, -0.15) is 0 Å². The topological polar surface area (TPSA) is 65.2 Å².